The quantitative estimate of drug-likeness (QED) is 0.848. The van der Waals surface area contributed by atoms with Crippen LogP contribution in [0.1, 0.15) is 48.6 Å². The molecule has 1 aromatic carbocycles. The van der Waals surface area contributed by atoms with Gasteiger partial charge in [0.15, 0.2) is 0 Å². The monoisotopic (exact) mass is 241 g/mol. The number of hydrogen-bond acceptors (Lipinski definition) is 1. The van der Waals surface area contributed by atoms with E-state index in [1.807, 2.05) is 0 Å². The standard InChI is InChI=1S/C14H23N.ClH/c1-9(2)6-13(15)14-11(4)7-10(3)8-12(14)5;/h7-9,13H,6,15H2,1-5H3;1H/t13-;/m0./s1. The molecule has 0 fully saturated rings. The van der Waals surface area contributed by atoms with E-state index < -0.39 is 0 Å². The first-order valence-corrected chi connectivity index (χ1v) is 5.75. The molecule has 16 heavy (non-hydrogen) atoms. The van der Waals surface area contributed by atoms with E-state index in [4.69, 9.17) is 5.73 Å². The van der Waals surface area contributed by atoms with Crippen molar-refractivity contribution in [3.8, 4) is 0 Å². The molecule has 0 amide bonds. The van der Waals surface area contributed by atoms with E-state index in [2.05, 4.69) is 46.8 Å². The van der Waals surface area contributed by atoms with Crippen LogP contribution >= 0.6 is 12.4 Å². The van der Waals surface area contributed by atoms with Crippen LogP contribution in [0.4, 0.5) is 0 Å². The molecule has 1 aromatic rings. The summed E-state index contributed by atoms with van der Waals surface area (Å²) in [5, 5.41) is 0. The molecule has 0 aromatic heterocycles. The molecule has 92 valence electrons. The summed E-state index contributed by atoms with van der Waals surface area (Å²) in [7, 11) is 0. The molecule has 2 heteroatoms. The average molecular weight is 242 g/mol. The summed E-state index contributed by atoms with van der Waals surface area (Å²) in [5.74, 6) is 0.653. The molecule has 0 aliphatic rings. The molecule has 0 saturated heterocycles. The highest BCUT2D eigenvalue weighted by atomic mass is 35.5. The predicted octanol–water partition coefficient (Wildman–Crippen LogP) is 4.08. The minimum atomic E-state index is 0. The molecule has 0 aliphatic heterocycles. The summed E-state index contributed by atoms with van der Waals surface area (Å²) < 4.78 is 0. The minimum Gasteiger partial charge on any atom is -0.324 e. The van der Waals surface area contributed by atoms with Crippen molar-refractivity contribution in [3.63, 3.8) is 0 Å². The Kier molecular flexibility index (Phi) is 6.06. The molecule has 0 saturated carbocycles. The van der Waals surface area contributed by atoms with E-state index in [1.165, 1.54) is 22.3 Å². The third-order valence-corrected chi connectivity index (χ3v) is 2.83. The number of aryl methyl sites for hydroxylation is 3. The van der Waals surface area contributed by atoms with Gasteiger partial charge in [-0.15, -0.1) is 12.4 Å². The van der Waals surface area contributed by atoms with Crippen molar-refractivity contribution in [2.24, 2.45) is 11.7 Å². The number of halogens is 1. The van der Waals surface area contributed by atoms with Gasteiger partial charge in [-0.2, -0.15) is 0 Å². The molecule has 0 heterocycles. The van der Waals surface area contributed by atoms with Gasteiger partial charge in [0.25, 0.3) is 0 Å². The second-order valence-corrected chi connectivity index (χ2v) is 5.05. The lowest BCUT2D eigenvalue weighted by Crippen LogP contribution is -2.15. The second-order valence-electron chi connectivity index (χ2n) is 5.05. The van der Waals surface area contributed by atoms with E-state index in [-0.39, 0.29) is 18.4 Å². The summed E-state index contributed by atoms with van der Waals surface area (Å²) in [6, 6.07) is 4.64. The van der Waals surface area contributed by atoms with Gasteiger partial charge in [-0.1, -0.05) is 31.5 Å². The van der Waals surface area contributed by atoms with Crippen LogP contribution in [0.5, 0.6) is 0 Å². The Morgan fingerprint density at radius 2 is 1.50 bits per heavy atom. The van der Waals surface area contributed by atoms with Crippen molar-refractivity contribution in [1.29, 1.82) is 0 Å². The van der Waals surface area contributed by atoms with Crippen molar-refractivity contribution >= 4 is 12.4 Å². The zero-order valence-electron chi connectivity index (χ0n) is 11.0. The van der Waals surface area contributed by atoms with Crippen molar-refractivity contribution in [2.45, 2.75) is 47.1 Å². The molecule has 0 spiro atoms. The highest BCUT2D eigenvalue weighted by molar-refractivity contribution is 5.85. The SMILES string of the molecule is Cc1cc(C)c([C@@H](N)CC(C)C)c(C)c1.Cl. The fraction of sp³-hybridized carbons (Fsp3) is 0.571. The number of hydrogen-bond donors (Lipinski definition) is 1. The lowest BCUT2D eigenvalue weighted by molar-refractivity contribution is 0.507. The van der Waals surface area contributed by atoms with Gasteiger partial charge < -0.3 is 5.73 Å². The Hall–Kier alpha value is -0.530. The molecule has 1 rings (SSSR count). The highest BCUT2D eigenvalue weighted by Crippen LogP contribution is 2.26. The normalized spacial score (nSPS) is 12.4. The maximum absolute atomic E-state index is 6.25. The lowest BCUT2D eigenvalue weighted by atomic mass is 9.90. The first-order valence-electron chi connectivity index (χ1n) is 5.75. The largest absolute Gasteiger partial charge is 0.324 e. The zero-order valence-corrected chi connectivity index (χ0v) is 11.8. The minimum absolute atomic E-state index is 0. The van der Waals surface area contributed by atoms with Crippen LogP contribution in [-0.2, 0) is 0 Å². The fourth-order valence-electron chi connectivity index (χ4n) is 2.40. The summed E-state index contributed by atoms with van der Waals surface area (Å²) in [6.45, 7) is 10.9. The Morgan fingerprint density at radius 3 is 1.88 bits per heavy atom. The average Bonchev–Trinajstić information content (AvgIpc) is 1.99. The van der Waals surface area contributed by atoms with Crippen LogP contribution in [0.3, 0.4) is 0 Å². The molecule has 0 aliphatic carbocycles. The molecule has 0 radical (unpaired) electrons. The van der Waals surface area contributed by atoms with Crippen molar-refractivity contribution in [1.82, 2.24) is 0 Å². The summed E-state index contributed by atoms with van der Waals surface area (Å²) >= 11 is 0. The molecule has 0 unspecified atom stereocenters. The van der Waals surface area contributed by atoms with Gasteiger partial charge in [0.1, 0.15) is 0 Å². The van der Waals surface area contributed by atoms with Gasteiger partial charge in [0.05, 0.1) is 0 Å². The van der Waals surface area contributed by atoms with Crippen LogP contribution in [0.2, 0.25) is 0 Å². The summed E-state index contributed by atoms with van der Waals surface area (Å²) in [6.07, 6.45) is 1.06. The van der Waals surface area contributed by atoms with Gasteiger partial charge in [-0.25, -0.2) is 0 Å². The summed E-state index contributed by atoms with van der Waals surface area (Å²) in [4.78, 5) is 0. The predicted molar refractivity (Wildman–Crippen MR) is 74.3 cm³/mol. The Bertz CT molecular complexity index is 322. The van der Waals surface area contributed by atoms with Gasteiger partial charge in [0, 0.05) is 6.04 Å². The van der Waals surface area contributed by atoms with Gasteiger partial charge in [-0.05, 0) is 49.8 Å². The highest BCUT2D eigenvalue weighted by Gasteiger charge is 2.13. The van der Waals surface area contributed by atoms with E-state index in [1.54, 1.807) is 0 Å². The fourth-order valence-corrected chi connectivity index (χ4v) is 2.40. The van der Waals surface area contributed by atoms with Crippen LogP contribution in [0.25, 0.3) is 0 Å². The molecular weight excluding hydrogens is 218 g/mol. The first kappa shape index (κ1) is 15.5. The van der Waals surface area contributed by atoms with Crippen molar-refractivity contribution in [2.75, 3.05) is 0 Å². The smallest absolute Gasteiger partial charge is 0.0302 e. The number of rotatable bonds is 3. The van der Waals surface area contributed by atoms with E-state index in [0.29, 0.717) is 5.92 Å². The topological polar surface area (TPSA) is 26.0 Å². The van der Waals surface area contributed by atoms with E-state index in [9.17, 15) is 0 Å². The Labute approximate surface area is 106 Å². The third-order valence-electron chi connectivity index (χ3n) is 2.83. The first-order chi connectivity index (χ1) is 6.91. The van der Waals surface area contributed by atoms with Gasteiger partial charge >= 0.3 is 0 Å². The second kappa shape index (κ2) is 6.27. The van der Waals surface area contributed by atoms with Crippen LogP contribution in [-0.4, -0.2) is 0 Å². The van der Waals surface area contributed by atoms with Crippen LogP contribution in [0, 0.1) is 26.7 Å². The van der Waals surface area contributed by atoms with Crippen LogP contribution in [0.15, 0.2) is 12.1 Å². The van der Waals surface area contributed by atoms with Gasteiger partial charge in [-0.3, -0.25) is 0 Å². The van der Waals surface area contributed by atoms with Crippen LogP contribution < -0.4 is 5.73 Å². The molecule has 1 atom stereocenters. The van der Waals surface area contributed by atoms with E-state index in [0.717, 1.165) is 6.42 Å². The van der Waals surface area contributed by atoms with Gasteiger partial charge in [0.2, 0.25) is 0 Å². The van der Waals surface area contributed by atoms with Crippen molar-refractivity contribution < 1.29 is 0 Å². The molecule has 1 nitrogen and oxygen atoms in total. The Morgan fingerprint density at radius 1 is 1.06 bits per heavy atom. The number of nitrogens with two attached hydrogens (primary N) is 1. The maximum Gasteiger partial charge on any atom is 0.0302 e. The molecular formula is C14H24ClN. The molecule has 2 N–H and O–H groups in total. The lowest BCUT2D eigenvalue weighted by Gasteiger charge is -2.20. The van der Waals surface area contributed by atoms with Crippen molar-refractivity contribution in [3.05, 3.63) is 34.4 Å². The summed E-state index contributed by atoms with van der Waals surface area (Å²) in [5.41, 5.74) is 11.6. The zero-order chi connectivity index (χ0) is 11.6. The maximum atomic E-state index is 6.25. The number of benzene rings is 1. The molecule has 0 bridgehead atoms. The van der Waals surface area contributed by atoms with E-state index >= 15 is 0 Å². The third kappa shape index (κ3) is 3.80. The Balaban J connectivity index is 0.00000225.